The van der Waals surface area contributed by atoms with E-state index in [1.54, 1.807) is 0 Å². The van der Waals surface area contributed by atoms with Crippen molar-refractivity contribution >= 4 is 5.91 Å². The van der Waals surface area contributed by atoms with E-state index in [1.807, 2.05) is 25.7 Å². The highest BCUT2D eigenvalue weighted by Crippen LogP contribution is 2.18. The van der Waals surface area contributed by atoms with Crippen LogP contribution in [0.5, 0.6) is 0 Å². The van der Waals surface area contributed by atoms with Crippen molar-refractivity contribution < 1.29 is 4.79 Å². The highest BCUT2D eigenvalue weighted by atomic mass is 16.2. The minimum atomic E-state index is -0.301. The number of amides is 1. The van der Waals surface area contributed by atoms with Crippen LogP contribution in [0.25, 0.3) is 0 Å². The Morgan fingerprint density at radius 3 is 2.50 bits per heavy atom. The van der Waals surface area contributed by atoms with Gasteiger partial charge in [-0.05, 0) is 6.42 Å². The molecule has 16 heavy (non-hydrogen) atoms. The summed E-state index contributed by atoms with van der Waals surface area (Å²) < 4.78 is 0. The van der Waals surface area contributed by atoms with E-state index in [0.717, 1.165) is 32.6 Å². The van der Waals surface area contributed by atoms with E-state index >= 15 is 0 Å². The summed E-state index contributed by atoms with van der Waals surface area (Å²) in [6, 6.07) is 2.16. The number of carbonyl (C=O) groups excluding carboxylic acids is 1. The summed E-state index contributed by atoms with van der Waals surface area (Å²) in [6.07, 6.45) is 0.962. The van der Waals surface area contributed by atoms with Gasteiger partial charge in [0.05, 0.1) is 12.6 Å². The van der Waals surface area contributed by atoms with E-state index in [9.17, 15) is 4.79 Å². The first kappa shape index (κ1) is 13.0. The Morgan fingerprint density at radius 1 is 1.25 bits per heavy atom. The molecule has 0 atom stereocenters. The minimum Gasteiger partial charge on any atom is -0.341 e. The molecule has 1 fully saturated rings. The fourth-order valence-electron chi connectivity index (χ4n) is 1.91. The topological polar surface area (TPSA) is 47.3 Å². The van der Waals surface area contributed by atoms with Crippen molar-refractivity contribution in [3.05, 3.63) is 0 Å². The van der Waals surface area contributed by atoms with Crippen molar-refractivity contribution in [1.29, 1.82) is 5.26 Å². The molecule has 1 heterocycles. The predicted octanol–water partition coefficient (Wildman–Crippen LogP) is 1.09. The molecule has 1 aliphatic heterocycles. The Bertz CT molecular complexity index is 288. The Morgan fingerprint density at radius 2 is 1.94 bits per heavy atom. The summed E-state index contributed by atoms with van der Waals surface area (Å²) >= 11 is 0. The molecule has 4 heteroatoms. The van der Waals surface area contributed by atoms with Crippen molar-refractivity contribution in [2.45, 2.75) is 27.2 Å². The number of hydrogen-bond acceptors (Lipinski definition) is 3. The average Bonchev–Trinajstić information content (AvgIpc) is 2.41. The van der Waals surface area contributed by atoms with Gasteiger partial charge in [-0.1, -0.05) is 20.8 Å². The molecule has 0 aliphatic carbocycles. The highest BCUT2D eigenvalue weighted by Gasteiger charge is 2.28. The van der Waals surface area contributed by atoms with Gasteiger partial charge in [-0.3, -0.25) is 9.69 Å². The lowest BCUT2D eigenvalue weighted by molar-refractivity contribution is -0.139. The Balaban J connectivity index is 2.54. The van der Waals surface area contributed by atoms with Gasteiger partial charge in [0.25, 0.3) is 0 Å². The monoisotopic (exact) mass is 223 g/mol. The van der Waals surface area contributed by atoms with Crippen LogP contribution < -0.4 is 0 Å². The second-order valence-electron chi connectivity index (χ2n) is 5.33. The molecular weight excluding hydrogens is 202 g/mol. The van der Waals surface area contributed by atoms with Gasteiger partial charge in [-0.15, -0.1) is 0 Å². The normalized spacial score (nSPS) is 19.0. The van der Waals surface area contributed by atoms with E-state index in [2.05, 4.69) is 11.0 Å². The number of rotatable bonds is 1. The van der Waals surface area contributed by atoms with E-state index in [4.69, 9.17) is 5.26 Å². The van der Waals surface area contributed by atoms with E-state index in [1.165, 1.54) is 0 Å². The second kappa shape index (κ2) is 5.31. The Kier molecular flexibility index (Phi) is 4.31. The predicted molar refractivity (Wildman–Crippen MR) is 62.7 cm³/mol. The maximum atomic E-state index is 12.1. The van der Waals surface area contributed by atoms with Gasteiger partial charge in [-0.25, -0.2) is 0 Å². The summed E-state index contributed by atoms with van der Waals surface area (Å²) in [6.45, 7) is 9.62. The van der Waals surface area contributed by atoms with Crippen molar-refractivity contribution in [1.82, 2.24) is 9.80 Å². The minimum absolute atomic E-state index is 0.214. The second-order valence-corrected chi connectivity index (χ2v) is 5.33. The first-order valence-corrected chi connectivity index (χ1v) is 5.84. The Hall–Kier alpha value is -1.08. The molecule has 1 saturated heterocycles. The van der Waals surface area contributed by atoms with Crippen LogP contribution in [0.2, 0.25) is 0 Å². The average molecular weight is 223 g/mol. The zero-order valence-corrected chi connectivity index (χ0v) is 10.5. The standard InChI is InChI=1S/C12H21N3O/c1-12(2,3)11(16)15-7-4-6-14(8-5-13)9-10-15/h4,6-10H2,1-3H3. The molecule has 0 bridgehead atoms. The summed E-state index contributed by atoms with van der Waals surface area (Å²) in [5.74, 6) is 0.214. The van der Waals surface area contributed by atoms with Crippen LogP contribution in [0.3, 0.4) is 0 Å². The maximum absolute atomic E-state index is 12.1. The first-order valence-electron chi connectivity index (χ1n) is 5.84. The van der Waals surface area contributed by atoms with Crippen LogP contribution in [0.1, 0.15) is 27.2 Å². The van der Waals surface area contributed by atoms with Crippen LogP contribution in [-0.4, -0.2) is 48.4 Å². The molecule has 1 amide bonds. The van der Waals surface area contributed by atoms with Gasteiger partial charge in [0.15, 0.2) is 0 Å². The van der Waals surface area contributed by atoms with Crippen molar-refractivity contribution in [2.24, 2.45) is 5.41 Å². The molecule has 0 aromatic carbocycles. The van der Waals surface area contributed by atoms with E-state index in [-0.39, 0.29) is 11.3 Å². The zero-order chi connectivity index (χ0) is 12.2. The molecule has 0 N–H and O–H groups in total. The molecule has 0 spiro atoms. The quantitative estimate of drug-likeness (QED) is 0.625. The molecular formula is C12H21N3O. The SMILES string of the molecule is CC(C)(C)C(=O)N1CCCN(CC#N)CC1. The summed E-state index contributed by atoms with van der Waals surface area (Å²) in [4.78, 5) is 16.1. The lowest BCUT2D eigenvalue weighted by Crippen LogP contribution is -2.41. The molecule has 1 rings (SSSR count). The summed E-state index contributed by atoms with van der Waals surface area (Å²) in [5, 5.41) is 8.64. The highest BCUT2D eigenvalue weighted by molar-refractivity contribution is 5.81. The van der Waals surface area contributed by atoms with Crippen molar-refractivity contribution in [3.63, 3.8) is 0 Å². The summed E-state index contributed by atoms with van der Waals surface area (Å²) in [5.41, 5.74) is -0.301. The van der Waals surface area contributed by atoms with Crippen LogP contribution in [0.4, 0.5) is 0 Å². The lowest BCUT2D eigenvalue weighted by Gasteiger charge is -2.28. The molecule has 0 aromatic rings. The maximum Gasteiger partial charge on any atom is 0.227 e. The van der Waals surface area contributed by atoms with Gasteiger partial charge in [-0.2, -0.15) is 5.26 Å². The third-order valence-corrected chi connectivity index (χ3v) is 2.81. The van der Waals surface area contributed by atoms with Gasteiger partial charge in [0.2, 0.25) is 5.91 Å². The number of nitrogens with zero attached hydrogens (tertiary/aromatic N) is 3. The molecule has 0 aromatic heterocycles. The first-order chi connectivity index (χ1) is 7.45. The van der Waals surface area contributed by atoms with Crippen LogP contribution in [0, 0.1) is 16.7 Å². The number of hydrogen-bond donors (Lipinski definition) is 0. The lowest BCUT2D eigenvalue weighted by atomic mass is 9.94. The fraction of sp³-hybridized carbons (Fsp3) is 0.833. The van der Waals surface area contributed by atoms with Gasteiger partial charge < -0.3 is 4.90 Å². The van der Waals surface area contributed by atoms with Gasteiger partial charge >= 0.3 is 0 Å². The molecule has 0 unspecified atom stereocenters. The molecule has 0 radical (unpaired) electrons. The molecule has 0 saturated carbocycles. The van der Waals surface area contributed by atoms with E-state index in [0.29, 0.717) is 6.54 Å². The third kappa shape index (κ3) is 3.49. The van der Waals surface area contributed by atoms with Gasteiger partial charge in [0.1, 0.15) is 0 Å². The molecule has 1 aliphatic rings. The fourth-order valence-corrected chi connectivity index (χ4v) is 1.91. The number of carbonyl (C=O) groups is 1. The van der Waals surface area contributed by atoms with E-state index < -0.39 is 0 Å². The van der Waals surface area contributed by atoms with Crippen molar-refractivity contribution in [2.75, 3.05) is 32.7 Å². The van der Waals surface area contributed by atoms with Crippen molar-refractivity contribution in [3.8, 4) is 6.07 Å². The number of nitriles is 1. The third-order valence-electron chi connectivity index (χ3n) is 2.81. The van der Waals surface area contributed by atoms with Crippen LogP contribution in [-0.2, 0) is 4.79 Å². The van der Waals surface area contributed by atoms with Crippen LogP contribution >= 0.6 is 0 Å². The molecule has 90 valence electrons. The molecule has 4 nitrogen and oxygen atoms in total. The summed E-state index contributed by atoms with van der Waals surface area (Å²) in [7, 11) is 0. The largest absolute Gasteiger partial charge is 0.341 e. The van der Waals surface area contributed by atoms with Crippen LogP contribution in [0.15, 0.2) is 0 Å². The zero-order valence-electron chi connectivity index (χ0n) is 10.5. The van der Waals surface area contributed by atoms with Gasteiger partial charge in [0, 0.05) is 31.6 Å². The Labute approximate surface area is 97.8 Å². The smallest absolute Gasteiger partial charge is 0.227 e.